The Morgan fingerprint density at radius 2 is 1.94 bits per heavy atom. The van der Waals surface area contributed by atoms with Crippen LogP contribution in [0.2, 0.25) is 0 Å². The zero-order valence-corrected chi connectivity index (χ0v) is 13.7. The maximum Gasteiger partial charge on any atom is 0.244 e. The van der Waals surface area contributed by atoms with E-state index in [2.05, 4.69) is 15.9 Å². The number of halogens is 1. The van der Waals surface area contributed by atoms with E-state index in [1.807, 2.05) is 20.8 Å². The van der Waals surface area contributed by atoms with Crippen molar-refractivity contribution in [2.75, 3.05) is 7.05 Å². The molecule has 0 atom stereocenters. The predicted molar refractivity (Wildman–Crippen MR) is 76.1 cm³/mol. The molecule has 0 aliphatic heterocycles. The largest absolute Gasteiger partial charge is 0.244 e. The number of aryl methyl sites for hydroxylation is 1. The zero-order chi connectivity index (χ0) is 13.2. The van der Waals surface area contributed by atoms with Gasteiger partial charge in [0.05, 0.1) is 8.68 Å². The highest BCUT2D eigenvalue weighted by atomic mass is 79.9. The second-order valence-electron chi connectivity index (χ2n) is 3.96. The van der Waals surface area contributed by atoms with Crippen LogP contribution in [0.25, 0.3) is 0 Å². The van der Waals surface area contributed by atoms with Crippen LogP contribution in [0.3, 0.4) is 0 Å². The SMILES string of the molecule is CCC(CC)N(C)S(=O)(=O)c1cc(Br)sc1C. The summed E-state index contributed by atoms with van der Waals surface area (Å²) in [5, 5.41) is 0. The van der Waals surface area contributed by atoms with Gasteiger partial charge in [-0.1, -0.05) is 13.8 Å². The number of nitrogens with zero attached hydrogens (tertiary/aromatic N) is 1. The first-order valence-corrected chi connectivity index (χ1v) is 8.63. The fourth-order valence-electron chi connectivity index (χ4n) is 1.84. The molecular weight excluding hydrogens is 322 g/mol. The van der Waals surface area contributed by atoms with Gasteiger partial charge in [0.15, 0.2) is 0 Å². The van der Waals surface area contributed by atoms with Crippen LogP contribution < -0.4 is 0 Å². The predicted octanol–water partition coefficient (Wildman–Crippen LogP) is 3.63. The molecule has 0 spiro atoms. The van der Waals surface area contributed by atoms with E-state index in [0.717, 1.165) is 21.5 Å². The van der Waals surface area contributed by atoms with Crippen molar-refractivity contribution in [2.24, 2.45) is 0 Å². The van der Waals surface area contributed by atoms with Crippen LogP contribution in [-0.2, 0) is 10.0 Å². The summed E-state index contributed by atoms with van der Waals surface area (Å²) < 4.78 is 27.2. The molecule has 1 heterocycles. The van der Waals surface area contributed by atoms with Gasteiger partial charge in [0, 0.05) is 18.0 Å². The van der Waals surface area contributed by atoms with Crippen molar-refractivity contribution in [3.63, 3.8) is 0 Å². The molecule has 0 bridgehead atoms. The molecular formula is C11H18BrNO2S2. The van der Waals surface area contributed by atoms with Gasteiger partial charge in [-0.15, -0.1) is 11.3 Å². The van der Waals surface area contributed by atoms with Crippen LogP contribution in [0.5, 0.6) is 0 Å². The first-order valence-electron chi connectivity index (χ1n) is 5.58. The highest BCUT2D eigenvalue weighted by molar-refractivity contribution is 9.11. The first kappa shape index (κ1) is 15.1. The van der Waals surface area contributed by atoms with E-state index in [1.165, 1.54) is 15.6 Å². The van der Waals surface area contributed by atoms with Crippen LogP contribution in [0.15, 0.2) is 14.7 Å². The monoisotopic (exact) mass is 339 g/mol. The van der Waals surface area contributed by atoms with Crippen molar-refractivity contribution >= 4 is 37.3 Å². The highest BCUT2D eigenvalue weighted by Gasteiger charge is 2.28. The lowest BCUT2D eigenvalue weighted by molar-refractivity contribution is 0.349. The quantitative estimate of drug-likeness (QED) is 0.821. The van der Waals surface area contributed by atoms with Gasteiger partial charge in [0.2, 0.25) is 10.0 Å². The summed E-state index contributed by atoms with van der Waals surface area (Å²) in [4.78, 5) is 1.25. The van der Waals surface area contributed by atoms with Gasteiger partial charge in [-0.2, -0.15) is 4.31 Å². The molecule has 1 aromatic heterocycles. The molecule has 6 heteroatoms. The summed E-state index contributed by atoms with van der Waals surface area (Å²) in [6, 6.07) is 1.76. The van der Waals surface area contributed by atoms with Crippen LogP contribution in [0.4, 0.5) is 0 Å². The fraction of sp³-hybridized carbons (Fsp3) is 0.636. The molecule has 0 saturated carbocycles. The van der Waals surface area contributed by atoms with Gasteiger partial charge in [-0.05, 0) is 41.8 Å². The lowest BCUT2D eigenvalue weighted by Crippen LogP contribution is -2.36. The van der Waals surface area contributed by atoms with Crippen LogP contribution >= 0.6 is 27.3 Å². The van der Waals surface area contributed by atoms with E-state index in [-0.39, 0.29) is 6.04 Å². The summed E-state index contributed by atoms with van der Waals surface area (Å²) in [6.45, 7) is 5.86. The van der Waals surface area contributed by atoms with Crippen LogP contribution in [0, 0.1) is 6.92 Å². The van der Waals surface area contributed by atoms with Crippen LogP contribution in [-0.4, -0.2) is 25.8 Å². The summed E-state index contributed by atoms with van der Waals surface area (Å²) in [5.74, 6) is 0. The lowest BCUT2D eigenvalue weighted by Gasteiger charge is -2.25. The molecule has 0 fully saturated rings. The summed E-state index contributed by atoms with van der Waals surface area (Å²) >= 11 is 4.78. The van der Waals surface area contributed by atoms with Crippen molar-refractivity contribution in [3.8, 4) is 0 Å². The van der Waals surface area contributed by atoms with Crippen molar-refractivity contribution < 1.29 is 8.42 Å². The van der Waals surface area contributed by atoms with Gasteiger partial charge in [0.1, 0.15) is 0 Å². The number of hydrogen-bond acceptors (Lipinski definition) is 3. The van der Waals surface area contributed by atoms with E-state index in [0.29, 0.717) is 4.90 Å². The molecule has 3 nitrogen and oxygen atoms in total. The second kappa shape index (κ2) is 5.82. The van der Waals surface area contributed by atoms with Gasteiger partial charge in [-0.3, -0.25) is 0 Å². The van der Waals surface area contributed by atoms with Gasteiger partial charge < -0.3 is 0 Å². The molecule has 0 saturated heterocycles. The van der Waals surface area contributed by atoms with E-state index < -0.39 is 10.0 Å². The second-order valence-corrected chi connectivity index (χ2v) is 8.56. The lowest BCUT2D eigenvalue weighted by atomic mass is 10.2. The Hall–Kier alpha value is 0.0900. The summed E-state index contributed by atoms with van der Waals surface area (Å²) in [6.07, 6.45) is 1.66. The van der Waals surface area contributed by atoms with Crippen LogP contribution in [0.1, 0.15) is 31.6 Å². The Morgan fingerprint density at radius 3 is 2.29 bits per heavy atom. The topological polar surface area (TPSA) is 37.4 Å². The molecule has 0 amide bonds. The maximum atomic E-state index is 12.4. The number of hydrogen-bond donors (Lipinski definition) is 0. The Balaban J connectivity index is 3.15. The van der Waals surface area contributed by atoms with Crippen molar-refractivity contribution in [3.05, 3.63) is 14.7 Å². The number of rotatable bonds is 5. The Morgan fingerprint density at radius 1 is 1.41 bits per heavy atom. The highest BCUT2D eigenvalue weighted by Crippen LogP contribution is 2.32. The minimum atomic E-state index is -3.36. The molecule has 0 unspecified atom stereocenters. The first-order chi connectivity index (χ1) is 7.84. The Labute approximate surface area is 116 Å². The maximum absolute atomic E-state index is 12.4. The molecule has 1 rings (SSSR count). The normalized spacial score (nSPS) is 12.6. The molecule has 17 heavy (non-hydrogen) atoms. The molecule has 0 aliphatic carbocycles. The molecule has 0 aliphatic rings. The Kier molecular flexibility index (Phi) is 5.19. The van der Waals surface area contributed by atoms with E-state index in [4.69, 9.17) is 0 Å². The average molecular weight is 340 g/mol. The molecule has 0 N–H and O–H groups in total. The number of thiophene rings is 1. The zero-order valence-electron chi connectivity index (χ0n) is 10.5. The molecule has 98 valence electrons. The van der Waals surface area contributed by atoms with Gasteiger partial charge >= 0.3 is 0 Å². The molecule has 0 radical (unpaired) electrons. The van der Waals surface area contributed by atoms with E-state index in [9.17, 15) is 8.42 Å². The van der Waals surface area contributed by atoms with Crippen molar-refractivity contribution in [2.45, 2.75) is 44.6 Å². The Bertz CT molecular complexity index is 478. The summed E-state index contributed by atoms with van der Waals surface area (Å²) in [5.41, 5.74) is 0. The summed E-state index contributed by atoms with van der Waals surface area (Å²) in [7, 11) is -1.69. The van der Waals surface area contributed by atoms with Crippen molar-refractivity contribution in [1.29, 1.82) is 0 Å². The standard InChI is InChI=1S/C11H18BrNO2S2/c1-5-9(6-2)13(4)17(14,15)10-7-11(12)16-8(10)3/h7,9H,5-6H2,1-4H3. The fourth-order valence-corrected chi connectivity index (χ4v) is 5.73. The molecule has 0 aromatic carbocycles. The number of sulfonamides is 1. The smallest absolute Gasteiger partial charge is 0.207 e. The minimum absolute atomic E-state index is 0.0677. The van der Waals surface area contributed by atoms with Gasteiger partial charge in [0.25, 0.3) is 0 Å². The van der Waals surface area contributed by atoms with Gasteiger partial charge in [-0.25, -0.2) is 8.42 Å². The third kappa shape index (κ3) is 3.10. The van der Waals surface area contributed by atoms with E-state index in [1.54, 1.807) is 13.1 Å². The third-order valence-corrected chi connectivity index (χ3v) is 6.67. The van der Waals surface area contributed by atoms with E-state index >= 15 is 0 Å². The third-order valence-electron chi connectivity index (χ3n) is 2.96. The minimum Gasteiger partial charge on any atom is -0.207 e. The molecule has 1 aromatic rings. The van der Waals surface area contributed by atoms with Crippen molar-refractivity contribution in [1.82, 2.24) is 4.31 Å². The average Bonchev–Trinajstić information content (AvgIpc) is 2.60.